The van der Waals surface area contributed by atoms with Crippen molar-refractivity contribution in [2.24, 2.45) is 5.73 Å². The van der Waals surface area contributed by atoms with Gasteiger partial charge in [0.05, 0.1) is 0 Å². The van der Waals surface area contributed by atoms with Gasteiger partial charge < -0.3 is 11.1 Å². The molecule has 0 aliphatic heterocycles. The van der Waals surface area contributed by atoms with Gasteiger partial charge in [0.25, 0.3) is 5.91 Å². The number of hydrogen-bond donors (Lipinski definition) is 2. The molecular formula is C16H17BrN2O. The van der Waals surface area contributed by atoms with Crippen molar-refractivity contribution in [1.29, 1.82) is 0 Å². The van der Waals surface area contributed by atoms with Gasteiger partial charge in [0.15, 0.2) is 0 Å². The molecule has 3 N–H and O–H groups in total. The molecule has 0 heterocycles. The topological polar surface area (TPSA) is 55.1 Å². The van der Waals surface area contributed by atoms with Gasteiger partial charge in [-0.3, -0.25) is 4.79 Å². The quantitative estimate of drug-likeness (QED) is 0.884. The van der Waals surface area contributed by atoms with E-state index in [9.17, 15) is 4.79 Å². The lowest BCUT2D eigenvalue weighted by Crippen LogP contribution is -2.25. The van der Waals surface area contributed by atoms with Crippen LogP contribution in [0.25, 0.3) is 0 Å². The third-order valence-electron chi connectivity index (χ3n) is 3.01. The molecule has 1 amide bonds. The Labute approximate surface area is 127 Å². The first-order chi connectivity index (χ1) is 9.69. The summed E-state index contributed by atoms with van der Waals surface area (Å²) in [6.45, 7) is 1.06. The van der Waals surface area contributed by atoms with Crippen LogP contribution in [0.15, 0.2) is 53.0 Å². The smallest absolute Gasteiger partial charge is 0.251 e. The minimum atomic E-state index is -0.0599. The van der Waals surface area contributed by atoms with Crippen LogP contribution in [0, 0.1) is 0 Å². The Balaban J connectivity index is 1.89. The zero-order valence-electron chi connectivity index (χ0n) is 11.1. The third kappa shape index (κ3) is 4.18. The molecule has 0 aromatic heterocycles. The first-order valence-corrected chi connectivity index (χ1v) is 7.30. The van der Waals surface area contributed by atoms with Gasteiger partial charge in [0.1, 0.15) is 0 Å². The Morgan fingerprint density at radius 3 is 2.60 bits per heavy atom. The molecule has 0 unspecified atom stereocenters. The third-order valence-corrected chi connectivity index (χ3v) is 3.51. The van der Waals surface area contributed by atoms with Crippen molar-refractivity contribution in [2.75, 3.05) is 6.54 Å². The lowest BCUT2D eigenvalue weighted by Gasteiger charge is -2.07. The van der Waals surface area contributed by atoms with E-state index in [2.05, 4.69) is 27.3 Å². The van der Waals surface area contributed by atoms with Crippen LogP contribution in [0.3, 0.4) is 0 Å². The molecule has 2 aromatic rings. The lowest BCUT2D eigenvalue weighted by atomic mass is 10.1. The average molecular weight is 333 g/mol. The van der Waals surface area contributed by atoms with E-state index in [0.29, 0.717) is 18.7 Å². The maximum Gasteiger partial charge on any atom is 0.251 e. The molecule has 20 heavy (non-hydrogen) atoms. The van der Waals surface area contributed by atoms with E-state index in [1.807, 2.05) is 36.4 Å². The Bertz CT molecular complexity index is 599. The van der Waals surface area contributed by atoms with Crippen LogP contribution in [-0.4, -0.2) is 12.5 Å². The van der Waals surface area contributed by atoms with Crippen molar-refractivity contribution in [1.82, 2.24) is 5.32 Å². The van der Waals surface area contributed by atoms with Gasteiger partial charge in [-0.25, -0.2) is 0 Å². The van der Waals surface area contributed by atoms with Crippen LogP contribution in [0.5, 0.6) is 0 Å². The van der Waals surface area contributed by atoms with E-state index < -0.39 is 0 Å². The maximum absolute atomic E-state index is 12.0. The summed E-state index contributed by atoms with van der Waals surface area (Å²) in [6, 6.07) is 15.5. The molecule has 104 valence electrons. The summed E-state index contributed by atoms with van der Waals surface area (Å²) < 4.78 is 1.05. The standard InChI is InChI=1S/C16H17BrN2O/c17-15-6-2-3-12(10-15)7-8-19-16(20)14-5-1-4-13(9-14)11-18/h1-6,9-10H,7-8,11,18H2,(H,19,20). The van der Waals surface area contributed by atoms with Crippen molar-refractivity contribution in [3.8, 4) is 0 Å². The number of nitrogens with two attached hydrogens (primary N) is 1. The van der Waals surface area contributed by atoms with Crippen LogP contribution >= 0.6 is 15.9 Å². The molecule has 0 spiro atoms. The fraction of sp³-hybridized carbons (Fsp3) is 0.188. The number of benzene rings is 2. The summed E-state index contributed by atoms with van der Waals surface area (Å²) in [4.78, 5) is 12.0. The number of carbonyl (C=O) groups is 1. The summed E-state index contributed by atoms with van der Waals surface area (Å²) in [5.74, 6) is -0.0599. The highest BCUT2D eigenvalue weighted by molar-refractivity contribution is 9.10. The first kappa shape index (κ1) is 14.8. The van der Waals surface area contributed by atoms with Crippen LogP contribution in [0.2, 0.25) is 0 Å². The van der Waals surface area contributed by atoms with E-state index in [0.717, 1.165) is 16.5 Å². The number of hydrogen-bond acceptors (Lipinski definition) is 2. The molecule has 0 aliphatic carbocycles. The number of halogens is 1. The molecule has 0 bridgehead atoms. The molecular weight excluding hydrogens is 316 g/mol. The minimum Gasteiger partial charge on any atom is -0.352 e. The van der Waals surface area contributed by atoms with Gasteiger partial charge in [-0.15, -0.1) is 0 Å². The highest BCUT2D eigenvalue weighted by Crippen LogP contribution is 2.11. The van der Waals surface area contributed by atoms with Gasteiger partial charge in [-0.2, -0.15) is 0 Å². The van der Waals surface area contributed by atoms with E-state index >= 15 is 0 Å². The second-order valence-corrected chi connectivity index (χ2v) is 5.46. The second kappa shape index (κ2) is 7.22. The number of rotatable bonds is 5. The zero-order chi connectivity index (χ0) is 14.4. The SMILES string of the molecule is NCc1cccc(C(=O)NCCc2cccc(Br)c2)c1. The zero-order valence-corrected chi connectivity index (χ0v) is 12.7. The fourth-order valence-corrected chi connectivity index (χ4v) is 2.40. The number of nitrogens with one attached hydrogen (secondary N) is 1. The molecule has 4 heteroatoms. The fourth-order valence-electron chi connectivity index (χ4n) is 1.95. The Kier molecular flexibility index (Phi) is 5.32. The molecule has 0 aliphatic rings. The van der Waals surface area contributed by atoms with Gasteiger partial charge in [-0.1, -0.05) is 40.2 Å². The predicted molar refractivity (Wildman–Crippen MR) is 84.5 cm³/mol. The van der Waals surface area contributed by atoms with Crippen LogP contribution in [-0.2, 0) is 13.0 Å². The highest BCUT2D eigenvalue weighted by atomic mass is 79.9. The Morgan fingerprint density at radius 2 is 1.85 bits per heavy atom. The van der Waals surface area contributed by atoms with E-state index in [4.69, 9.17) is 5.73 Å². The Hall–Kier alpha value is -1.65. The molecule has 3 nitrogen and oxygen atoms in total. The van der Waals surface area contributed by atoms with Crippen molar-refractivity contribution in [2.45, 2.75) is 13.0 Å². The van der Waals surface area contributed by atoms with Crippen molar-refractivity contribution in [3.05, 3.63) is 69.7 Å². The normalized spacial score (nSPS) is 10.3. The largest absolute Gasteiger partial charge is 0.352 e. The number of amides is 1. The summed E-state index contributed by atoms with van der Waals surface area (Å²) in [5.41, 5.74) is 8.38. The Morgan fingerprint density at radius 1 is 1.10 bits per heavy atom. The van der Waals surface area contributed by atoms with E-state index in [-0.39, 0.29) is 5.91 Å². The number of carbonyl (C=O) groups excluding carboxylic acids is 1. The molecule has 2 aromatic carbocycles. The van der Waals surface area contributed by atoms with Gasteiger partial charge >= 0.3 is 0 Å². The molecule has 2 rings (SSSR count). The molecule has 0 saturated carbocycles. The van der Waals surface area contributed by atoms with Crippen LogP contribution < -0.4 is 11.1 Å². The lowest BCUT2D eigenvalue weighted by molar-refractivity contribution is 0.0954. The van der Waals surface area contributed by atoms with Crippen LogP contribution in [0.1, 0.15) is 21.5 Å². The van der Waals surface area contributed by atoms with E-state index in [1.54, 1.807) is 6.07 Å². The maximum atomic E-state index is 12.0. The minimum absolute atomic E-state index is 0.0599. The molecule has 0 fully saturated rings. The van der Waals surface area contributed by atoms with Crippen molar-refractivity contribution < 1.29 is 4.79 Å². The molecule has 0 saturated heterocycles. The summed E-state index contributed by atoms with van der Waals surface area (Å²) >= 11 is 3.44. The van der Waals surface area contributed by atoms with Gasteiger partial charge in [0, 0.05) is 23.1 Å². The first-order valence-electron chi connectivity index (χ1n) is 6.50. The monoisotopic (exact) mass is 332 g/mol. The van der Waals surface area contributed by atoms with E-state index in [1.165, 1.54) is 5.56 Å². The highest BCUT2D eigenvalue weighted by Gasteiger charge is 2.05. The van der Waals surface area contributed by atoms with Gasteiger partial charge in [-0.05, 0) is 41.8 Å². The summed E-state index contributed by atoms with van der Waals surface area (Å²) in [5, 5.41) is 2.92. The summed E-state index contributed by atoms with van der Waals surface area (Å²) in [7, 11) is 0. The van der Waals surface area contributed by atoms with Crippen LogP contribution in [0.4, 0.5) is 0 Å². The second-order valence-electron chi connectivity index (χ2n) is 4.54. The van der Waals surface area contributed by atoms with Gasteiger partial charge in [0.2, 0.25) is 0 Å². The summed E-state index contributed by atoms with van der Waals surface area (Å²) in [6.07, 6.45) is 0.807. The molecule has 0 radical (unpaired) electrons. The van der Waals surface area contributed by atoms with Crippen molar-refractivity contribution >= 4 is 21.8 Å². The average Bonchev–Trinajstić information content (AvgIpc) is 2.47. The predicted octanol–water partition coefficient (Wildman–Crippen LogP) is 2.88. The molecule has 0 atom stereocenters. The van der Waals surface area contributed by atoms with Crippen molar-refractivity contribution in [3.63, 3.8) is 0 Å².